The minimum absolute atomic E-state index is 0.648. The summed E-state index contributed by atoms with van der Waals surface area (Å²) in [5, 5.41) is 5.31. The van der Waals surface area contributed by atoms with Gasteiger partial charge in [0.05, 0.1) is 0 Å². The van der Waals surface area contributed by atoms with Crippen molar-refractivity contribution in [3.05, 3.63) is 89.5 Å². The normalized spacial score (nSPS) is 13.4. The van der Waals surface area contributed by atoms with Gasteiger partial charge in [-0.15, -0.1) is 0 Å². The van der Waals surface area contributed by atoms with Crippen molar-refractivity contribution in [3.63, 3.8) is 0 Å². The van der Waals surface area contributed by atoms with Gasteiger partial charge in [0.2, 0.25) is 0 Å². The van der Waals surface area contributed by atoms with Crippen molar-refractivity contribution in [1.82, 2.24) is 0 Å². The van der Waals surface area contributed by atoms with Gasteiger partial charge < -0.3 is 0 Å². The number of fused-ring (bicyclic) bond motifs is 3. The van der Waals surface area contributed by atoms with Crippen LogP contribution in [0.4, 0.5) is 0 Å². The van der Waals surface area contributed by atoms with E-state index in [9.17, 15) is 0 Å². The van der Waals surface area contributed by atoms with E-state index in [0.717, 1.165) is 6.42 Å². The van der Waals surface area contributed by atoms with Crippen LogP contribution in [0, 0.1) is 5.92 Å². The zero-order chi connectivity index (χ0) is 21.1. The molecule has 1 unspecified atom stereocenters. The summed E-state index contributed by atoms with van der Waals surface area (Å²) in [6, 6.07) is 26.7. The summed E-state index contributed by atoms with van der Waals surface area (Å²) in [6.07, 6.45) is 4.77. The molecule has 0 aromatic heterocycles. The molecular weight excluding hydrogens is 486 g/mol. The van der Waals surface area contributed by atoms with Crippen molar-refractivity contribution in [1.29, 1.82) is 0 Å². The van der Waals surface area contributed by atoms with E-state index in [0.29, 0.717) is 5.92 Å². The Labute approximate surface area is 197 Å². The van der Waals surface area contributed by atoms with E-state index in [4.69, 9.17) is 17.0 Å². The van der Waals surface area contributed by atoms with Crippen LogP contribution in [-0.2, 0) is 27.3 Å². The molecule has 0 bridgehead atoms. The third-order valence-corrected chi connectivity index (χ3v) is 6.21. The summed E-state index contributed by atoms with van der Waals surface area (Å²) in [4.78, 5) is 0. The number of hydrogen-bond donors (Lipinski definition) is 0. The predicted octanol–water partition coefficient (Wildman–Crippen LogP) is 9.02. The molecule has 4 aromatic carbocycles. The minimum atomic E-state index is -0.826. The van der Waals surface area contributed by atoms with Crippen LogP contribution < -0.4 is 0 Å². The third-order valence-electron chi connectivity index (χ3n) is 6.21. The standard InChI is InChI=1S/C27H24.2ClH.Zr/c1-3-18(2)22-16-21-11-8-14-25(26(21)17-22)27-23-12-6-4-9-19(23)15-20-10-5-7-13-24(20)27;;;/h4-15,17-18H,3,16H2,1-2H3;2*1H;/q;;;+2/p-2. The molecule has 0 nitrogen and oxygen atoms in total. The van der Waals surface area contributed by atoms with Crippen molar-refractivity contribution in [2.75, 3.05) is 0 Å². The van der Waals surface area contributed by atoms with Crippen molar-refractivity contribution in [2.45, 2.75) is 26.7 Å². The van der Waals surface area contributed by atoms with E-state index >= 15 is 0 Å². The van der Waals surface area contributed by atoms with Crippen LogP contribution in [0.5, 0.6) is 0 Å². The summed E-state index contributed by atoms with van der Waals surface area (Å²) in [5.74, 6) is 0.648. The van der Waals surface area contributed by atoms with Gasteiger partial charge in [-0.05, 0) is 68.6 Å². The van der Waals surface area contributed by atoms with Gasteiger partial charge in [-0.25, -0.2) is 0 Å². The zero-order valence-corrected chi connectivity index (χ0v) is 21.2. The van der Waals surface area contributed by atoms with Crippen LogP contribution in [0.3, 0.4) is 0 Å². The van der Waals surface area contributed by atoms with Crippen molar-refractivity contribution < 1.29 is 20.8 Å². The van der Waals surface area contributed by atoms with Crippen molar-refractivity contribution in [3.8, 4) is 11.1 Å². The fourth-order valence-corrected chi connectivity index (χ4v) is 4.49. The molecule has 0 saturated heterocycles. The Balaban J connectivity index is 0.000000687. The Morgan fingerprint density at radius 1 is 0.867 bits per heavy atom. The Hall–Kier alpha value is -1.40. The summed E-state index contributed by atoms with van der Waals surface area (Å²) >= 11 is -0.826. The van der Waals surface area contributed by atoms with E-state index in [2.05, 4.69) is 92.7 Å². The summed E-state index contributed by atoms with van der Waals surface area (Å²) in [7, 11) is 9.87. The summed E-state index contributed by atoms with van der Waals surface area (Å²) in [6.45, 7) is 4.64. The molecule has 0 saturated carbocycles. The molecular formula is C27H24Cl2Zr. The molecule has 0 fully saturated rings. The van der Waals surface area contributed by atoms with Gasteiger partial charge in [0.1, 0.15) is 0 Å². The fraction of sp³-hybridized carbons (Fsp3) is 0.185. The van der Waals surface area contributed by atoms with Gasteiger partial charge in [0.25, 0.3) is 0 Å². The maximum absolute atomic E-state index is 4.93. The first kappa shape index (κ1) is 21.8. The summed E-state index contributed by atoms with van der Waals surface area (Å²) < 4.78 is 0. The van der Waals surface area contributed by atoms with Crippen LogP contribution in [0.25, 0.3) is 38.7 Å². The van der Waals surface area contributed by atoms with E-state index in [1.54, 1.807) is 5.57 Å². The van der Waals surface area contributed by atoms with Crippen LogP contribution in [0.15, 0.2) is 78.4 Å². The van der Waals surface area contributed by atoms with Crippen molar-refractivity contribution >= 4 is 44.6 Å². The fourth-order valence-electron chi connectivity index (χ4n) is 4.49. The first-order chi connectivity index (χ1) is 14.7. The predicted molar refractivity (Wildman–Crippen MR) is 130 cm³/mol. The van der Waals surface area contributed by atoms with E-state index < -0.39 is 20.8 Å². The van der Waals surface area contributed by atoms with Crippen LogP contribution in [0.2, 0.25) is 0 Å². The summed E-state index contributed by atoms with van der Waals surface area (Å²) in [5.41, 5.74) is 7.22. The Morgan fingerprint density at radius 3 is 2.07 bits per heavy atom. The molecule has 0 radical (unpaired) electrons. The number of allylic oxidation sites excluding steroid dienone is 1. The molecule has 5 rings (SSSR count). The van der Waals surface area contributed by atoms with Gasteiger partial charge in [0, 0.05) is 0 Å². The Bertz CT molecular complexity index is 1170. The van der Waals surface area contributed by atoms with Gasteiger partial charge >= 0.3 is 37.9 Å². The SMILES string of the molecule is CCC(C)C1=Cc2c(cccc2-c2c3ccccc3cc3ccccc23)C1.[Cl][Zr][Cl]. The maximum atomic E-state index is 4.93. The van der Waals surface area contributed by atoms with E-state index in [1.165, 1.54) is 50.2 Å². The molecule has 0 spiro atoms. The number of halogens is 2. The zero-order valence-electron chi connectivity index (χ0n) is 17.3. The number of rotatable bonds is 3. The van der Waals surface area contributed by atoms with Crippen molar-refractivity contribution in [2.24, 2.45) is 5.92 Å². The molecule has 0 aliphatic heterocycles. The van der Waals surface area contributed by atoms with Gasteiger partial charge in [-0.2, -0.15) is 0 Å². The number of benzene rings is 4. The van der Waals surface area contributed by atoms with E-state index in [-0.39, 0.29) is 0 Å². The average molecular weight is 511 g/mol. The molecule has 4 aromatic rings. The molecule has 0 amide bonds. The van der Waals surface area contributed by atoms with Gasteiger partial charge in [-0.1, -0.05) is 92.2 Å². The second kappa shape index (κ2) is 9.82. The molecule has 1 atom stereocenters. The van der Waals surface area contributed by atoms with Crippen LogP contribution in [-0.4, -0.2) is 0 Å². The molecule has 150 valence electrons. The van der Waals surface area contributed by atoms with E-state index in [1.807, 2.05) is 0 Å². The van der Waals surface area contributed by atoms with Gasteiger partial charge in [-0.3, -0.25) is 0 Å². The third kappa shape index (κ3) is 4.18. The topological polar surface area (TPSA) is 0 Å². The first-order valence-electron chi connectivity index (χ1n) is 10.4. The number of hydrogen-bond acceptors (Lipinski definition) is 0. The monoisotopic (exact) mass is 508 g/mol. The molecule has 30 heavy (non-hydrogen) atoms. The van der Waals surface area contributed by atoms with Crippen LogP contribution >= 0.6 is 17.0 Å². The molecule has 1 aliphatic rings. The van der Waals surface area contributed by atoms with Gasteiger partial charge in [0.15, 0.2) is 0 Å². The molecule has 0 heterocycles. The molecule has 0 N–H and O–H groups in total. The molecule has 3 heteroatoms. The van der Waals surface area contributed by atoms with Crippen LogP contribution in [0.1, 0.15) is 31.4 Å². The average Bonchev–Trinajstić information content (AvgIpc) is 3.22. The second-order valence-electron chi connectivity index (χ2n) is 7.85. The quantitative estimate of drug-likeness (QED) is 0.241. The molecule has 1 aliphatic carbocycles. The first-order valence-corrected chi connectivity index (χ1v) is 16.7. The second-order valence-corrected chi connectivity index (χ2v) is 11.6. The Kier molecular flexibility index (Phi) is 7.14. The Morgan fingerprint density at radius 2 is 1.47 bits per heavy atom.